The molecular weight excluding hydrogens is 340 g/mol. The van der Waals surface area contributed by atoms with E-state index in [0.29, 0.717) is 5.82 Å². The van der Waals surface area contributed by atoms with Crippen LogP contribution in [0.4, 0.5) is 0 Å². The van der Waals surface area contributed by atoms with E-state index >= 15 is 0 Å². The second-order valence-electron chi connectivity index (χ2n) is 6.42. The molecule has 0 bridgehead atoms. The Morgan fingerprint density at radius 2 is 1.92 bits per heavy atom. The monoisotopic (exact) mass is 364 g/mol. The average Bonchev–Trinajstić information content (AvgIpc) is 2.90. The van der Waals surface area contributed by atoms with Crippen LogP contribution in [-0.2, 0) is 4.79 Å². The first-order chi connectivity index (χ1) is 11.7. The van der Waals surface area contributed by atoms with Gasteiger partial charge in [0, 0.05) is 25.2 Å². The van der Waals surface area contributed by atoms with Gasteiger partial charge in [-0.15, -0.1) is 22.6 Å². The molecule has 3 rings (SSSR count). The largest absolute Gasteiger partial charge is 0.339 e. The van der Waals surface area contributed by atoms with Gasteiger partial charge in [0.1, 0.15) is 0 Å². The van der Waals surface area contributed by atoms with Crippen LogP contribution in [0.5, 0.6) is 0 Å². The van der Waals surface area contributed by atoms with Crippen molar-refractivity contribution in [2.45, 2.75) is 26.3 Å². The molecule has 0 radical (unpaired) electrons. The second-order valence-corrected chi connectivity index (χ2v) is 6.42. The van der Waals surface area contributed by atoms with Crippen molar-refractivity contribution in [1.29, 1.82) is 0 Å². The smallest absolute Gasteiger partial charge is 0.249 e. The first kappa shape index (κ1) is 19.3. The van der Waals surface area contributed by atoms with Crippen LogP contribution in [-0.4, -0.2) is 57.2 Å². The molecule has 1 aromatic carbocycles. The minimum atomic E-state index is -0.423. The number of aromatic nitrogens is 4. The lowest BCUT2D eigenvalue weighted by molar-refractivity contribution is -0.136. The van der Waals surface area contributed by atoms with E-state index in [4.69, 9.17) is 0 Å². The predicted molar refractivity (Wildman–Crippen MR) is 98.4 cm³/mol. The molecule has 25 heavy (non-hydrogen) atoms. The van der Waals surface area contributed by atoms with Crippen LogP contribution < -0.4 is 5.32 Å². The summed E-state index contributed by atoms with van der Waals surface area (Å²) >= 11 is 0. The van der Waals surface area contributed by atoms with Crippen LogP contribution in [0.2, 0.25) is 0 Å². The van der Waals surface area contributed by atoms with Gasteiger partial charge < -0.3 is 10.2 Å². The van der Waals surface area contributed by atoms with Gasteiger partial charge in [-0.3, -0.25) is 4.79 Å². The van der Waals surface area contributed by atoms with Crippen molar-refractivity contribution in [3.05, 3.63) is 30.3 Å². The highest BCUT2D eigenvalue weighted by molar-refractivity contribution is 5.85. The first-order valence-corrected chi connectivity index (χ1v) is 8.51. The number of hydrogen-bond donors (Lipinski definition) is 1. The molecule has 2 aromatic rings. The van der Waals surface area contributed by atoms with Crippen molar-refractivity contribution >= 4 is 18.3 Å². The fraction of sp³-hybridized carbons (Fsp3) is 0.529. The fourth-order valence-electron chi connectivity index (χ4n) is 2.95. The molecule has 1 saturated heterocycles. The van der Waals surface area contributed by atoms with Crippen LogP contribution in [0.15, 0.2) is 30.3 Å². The lowest BCUT2D eigenvalue weighted by atomic mass is 10.0. The van der Waals surface area contributed by atoms with Crippen molar-refractivity contribution in [2.24, 2.45) is 5.92 Å². The molecule has 7 nitrogen and oxygen atoms in total. The lowest BCUT2D eigenvalue weighted by Gasteiger charge is -2.27. The Labute approximate surface area is 154 Å². The third-order valence-electron chi connectivity index (χ3n) is 4.25. The summed E-state index contributed by atoms with van der Waals surface area (Å²) in [5, 5.41) is 16.1. The topological polar surface area (TPSA) is 75.9 Å². The molecule has 136 valence electrons. The summed E-state index contributed by atoms with van der Waals surface area (Å²) in [6.45, 7) is 7.32. The van der Waals surface area contributed by atoms with Gasteiger partial charge in [-0.2, -0.15) is 4.80 Å². The number of carbonyl (C=O) groups is 1. The van der Waals surface area contributed by atoms with Gasteiger partial charge in [-0.1, -0.05) is 44.2 Å². The Hall–Kier alpha value is -1.99. The number of benzene rings is 1. The van der Waals surface area contributed by atoms with Crippen molar-refractivity contribution < 1.29 is 4.79 Å². The van der Waals surface area contributed by atoms with Gasteiger partial charge in [0.25, 0.3) is 0 Å². The fourth-order valence-corrected chi connectivity index (χ4v) is 2.95. The highest BCUT2D eigenvalue weighted by atomic mass is 35.5. The van der Waals surface area contributed by atoms with Crippen LogP contribution in [0.3, 0.4) is 0 Å². The Morgan fingerprint density at radius 3 is 2.64 bits per heavy atom. The Morgan fingerprint density at radius 1 is 1.16 bits per heavy atom. The van der Waals surface area contributed by atoms with Crippen LogP contribution >= 0.6 is 12.4 Å². The van der Waals surface area contributed by atoms with E-state index in [1.54, 1.807) is 0 Å². The minimum absolute atomic E-state index is 0. The molecule has 1 fully saturated rings. The first-order valence-electron chi connectivity index (χ1n) is 8.51. The molecule has 1 amide bonds. The number of rotatable bonds is 4. The molecule has 0 spiro atoms. The van der Waals surface area contributed by atoms with E-state index in [1.165, 1.54) is 4.80 Å². The maximum Gasteiger partial charge on any atom is 0.249 e. The summed E-state index contributed by atoms with van der Waals surface area (Å²) in [6.07, 6.45) is 0.969. The Kier molecular flexibility index (Phi) is 6.90. The number of tetrazole rings is 1. The molecule has 8 heteroatoms. The molecule has 2 heterocycles. The molecule has 1 unspecified atom stereocenters. The SMILES string of the molecule is CC(C)C(C(=O)N1CCCNCC1)n1nnc(-c2ccccc2)n1.Cl. The standard InChI is InChI=1S/C17H24N6O.ClH/c1-13(2)15(17(24)22-11-6-9-18-10-12-22)23-20-16(19-21-23)14-7-4-3-5-8-14;/h3-5,7-8,13,15,18H,6,9-12H2,1-2H3;1H. The quantitative estimate of drug-likeness (QED) is 0.895. The number of hydrogen-bond acceptors (Lipinski definition) is 5. The second kappa shape index (κ2) is 8.92. The normalized spacial score (nSPS) is 16.2. The van der Waals surface area contributed by atoms with Crippen LogP contribution in [0.25, 0.3) is 11.4 Å². The summed E-state index contributed by atoms with van der Waals surface area (Å²) in [5.41, 5.74) is 0.901. The van der Waals surface area contributed by atoms with Gasteiger partial charge in [0.2, 0.25) is 11.7 Å². The van der Waals surface area contributed by atoms with Gasteiger partial charge >= 0.3 is 0 Å². The number of carbonyl (C=O) groups excluding carboxylic acids is 1. The van der Waals surface area contributed by atoms with E-state index < -0.39 is 6.04 Å². The van der Waals surface area contributed by atoms with Gasteiger partial charge in [-0.25, -0.2) is 0 Å². The van der Waals surface area contributed by atoms with E-state index in [0.717, 1.165) is 38.2 Å². The number of halogens is 1. The third kappa shape index (κ3) is 4.55. The molecule has 0 aliphatic carbocycles. The molecule has 1 atom stereocenters. The Bertz CT molecular complexity index is 667. The maximum atomic E-state index is 13.0. The maximum absolute atomic E-state index is 13.0. The summed E-state index contributed by atoms with van der Waals surface area (Å²) < 4.78 is 0. The lowest BCUT2D eigenvalue weighted by Crippen LogP contribution is -2.42. The zero-order valence-corrected chi connectivity index (χ0v) is 15.4. The van der Waals surface area contributed by atoms with E-state index in [2.05, 4.69) is 20.7 Å². The van der Waals surface area contributed by atoms with Crippen LogP contribution in [0.1, 0.15) is 26.3 Å². The third-order valence-corrected chi connectivity index (χ3v) is 4.25. The van der Waals surface area contributed by atoms with Crippen molar-refractivity contribution in [3.8, 4) is 11.4 Å². The van der Waals surface area contributed by atoms with Gasteiger partial charge in [0.15, 0.2) is 6.04 Å². The molecule has 1 aromatic heterocycles. The van der Waals surface area contributed by atoms with E-state index in [-0.39, 0.29) is 24.2 Å². The van der Waals surface area contributed by atoms with Crippen molar-refractivity contribution in [1.82, 2.24) is 30.4 Å². The molecule has 1 aliphatic heterocycles. The number of amides is 1. The minimum Gasteiger partial charge on any atom is -0.339 e. The molecular formula is C17H25ClN6O. The summed E-state index contributed by atoms with van der Waals surface area (Å²) in [4.78, 5) is 16.4. The number of nitrogens with zero attached hydrogens (tertiary/aromatic N) is 5. The number of nitrogens with one attached hydrogen (secondary N) is 1. The van der Waals surface area contributed by atoms with E-state index in [1.807, 2.05) is 49.1 Å². The molecule has 1 aliphatic rings. The average molecular weight is 365 g/mol. The van der Waals surface area contributed by atoms with Crippen LogP contribution in [0, 0.1) is 5.92 Å². The molecule has 0 saturated carbocycles. The molecule has 1 N–H and O–H groups in total. The van der Waals surface area contributed by atoms with Crippen molar-refractivity contribution in [2.75, 3.05) is 26.2 Å². The summed E-state index contributed by atoms with van der Waals surface area (Å²) in [7, 11) is 0. The zero-order chi connectivity index (χ0) is 16.9. The van der Waals surface area contributed by atoms with E-state index in [9.17, 15) is 4.79 Å². The predicted octanol–water partition coefficient (Wildman–Crippen LogP) is 1.78. The van der Waals surface area contributed by atoms with Gasteiger partial charge in [-0.05, 0) is 24.1 Å². The Balaban J connectivity index is 0.00000225. The van der Waals surface area contributed by atoms with Crippen molar-refractivity contribution in [3.63, 3.8) is 0 Å². The highest BCUT2D eigenvalue weighted by Crippen LogP contribution is 2.21. The summed E-state index contributed by atoms with van der Waals surface area (Å²) in [5.74, 6) is 0.712. The zero-order valence-electron chi connectivity index (χ0n) is 14.6. The summed E-state index contributed by atoms with van der Waals surface area (Å²) in [6, 6.07) is 9.27. The highest BCUT2D eigenvalue weighted by Gasteiger charge is 2.31. The van der Waals surface area contributed by atoms with Gasteiger partial charge in [0.05, 0.1) is 0 Å².